The summed E-state index contributed by atoms with van der Waals surface area (Å²) in [5.74, 6) is -1.56. The van der Waals surface area contributed by atoms with Crippen LogP contribution in [0.25, 0.3) is 10.9 Å². The molecule has 0 aliphatic rings. The molecule has 0 saturated heterocycles. The summed E-state index contributed by atoms with van der Waals surface area (Å²) >= 11 is 0. The van der Waals surface area contributed by atoms with Gasteiger partial charge in [0.2, 0.25) is 0 Å². The summed E-state index contributed by atoms with van der Waals surface area (Å²) in [5.41, 5.74) is -0.185. The maximum absolute atomic E-state index is 13.0. The summed E-state index contributed by atoms with van der Waals surface area (Å²) in [4.78, 5) is 16.1. The first-order valence-corrected chi connectivity index (χ1v) is 9.74. The van der Waals surface area contributed by atoms with E-state index in [2.05, 4.69) is 4.98 Å². The highest BCUT2D eigenvalue weighted by Gasteiger charge is 2.48. The standard InChI is InChI=1S/C19H19NO5S/c1-2-25-18(21)19(13-26(22,23)24,15-9-4-3-5-10-15)17-12-14-8-6-7-11-16(14)20-17/h3-12,20H,2,13H2,1H3,(H,22,23,24). The smallest absolute Gasteiger partial charge is 0.323 e. The van der Waals surface area contributed by atoms with Crippen LogP contribution in [0.15, 0.2) is 60.7 Å². The van der Waals surface area contributed by atoms with Crippen molar-refractivity contribution < 1.29 is 22.5 Å². The van der Waals surface area contributed by atoms with Crippen LogP contribution in [-0.2, 0) is 25.1 Å². The van der Waals surface area contributed by atoms with Crippen LogP contribution in [0.5, 0.6) is 0 Å². The molecule has 0 saturated carbocycles. The minimum Gasteiger partial charge on any atom is -0.465 e. The van der Waals surface area contributed by atoms with Gasteiger partial charge in [0.15, 0.2) is 0 Å². The summed E-state index contributed by atoms with van der Waals surface area (Å²) in [6.45, 7) is 1.73. The quantitative estimate of drug-likeness (QED) is 0.512. The van der Waals surface area contributed by atoms with Crippen molar-refractivity contribution >= 4 is 27.0 Å². The number of nitrogens with one attached hydrogen (secondary N) is 1. The van der Waals surface area contributed by atoms with Crippen molar-refractivity contribution in [1.82, 2.24) is 4.98 Å². The van der Waals surface area contributed by atoms with Gasteiger partial charge in [0.05, 0.1) is 6.61 Å². The monoisotopic (exact) mass is 373 g/mol. The molecule has 1 unspecified atom stereocenters. The minimum atomic E-state index is -4.50. The predicted molar refractivity (Wildman–Crippen MR) is 98.6 cm³/mol. The van der Waals surface area contributed by atoms with Gasteiger partial charge < -0.3 is 9.72 Å². The molecule has 0 radical (unpaired) electrons. The van der Waals surface area contributed by atoms with Crippen LogP contribution >= 0.6 is 0 Å². The average Bonchev–Trinajstić information content (AvgIpc) is 3.04. The summed E-state index contributed by atoms with van der Waals surface area (Å²) in [7, 11) is -4.50. The Kier molecular flexibility index (Phi) is 4.84. The fourth-order valence-corrected chi connectivity index (χ4v) is 4.14. The van der Waals surface area contributed by atoms with E-state index in [1.165, 1.54) is 0 Å². The fourth-order valence-electron chi connectivity index (χ4n) is 3.16. The largest absolute Gasteiger partial charge is 0.465 e. The lowest BCUT2D eigenvalue weighted by molar-refractivity contribution is -0.147. The molecule has 0 amide bonds. The molecule has 136 valence electrons. The lowest BCUT2D eigenvalue weighted by Crippen LogP contribution is -2.45. The normalized spacial score (nSPS) is 14.1. The highest BCUT2D eigenvalue weighted by atomic mass is 32.2. The van der Waals surface area contributed by atoms with Gasteiger partial charge in [0, 0.05) is 11.2 Å². The van der Waals surface area contributed by atoms with Crippen LogP contribution < -0.4 is 0 Å². The van der Waals surface area contributed by atoms with Crippen LogP contribution in [0.1, 0.15) is 18.2 Å². The lowest BCUT2D eigenvalue weighted by Gasteiger charge is -2.30. The van der Waals surface area contributed by atoms with E-state index in [9.17, 15) is 17.8 Å². The minimum absolute atomic E-state index is 0.0825. The highest BCUT2D eigenvalue weighted by molar-refractivity contribution is 7.85. The molecule has 7 heteroatoms. The molecule has 1 aromatic heterocycles. The van der Waals surface area contributed by atoms with Crippen LogP contribution in [0.2, 0.25) is 0 Å². The van der Waals surface area contributed by atoms with E-state index in [0.717, 1.165) is 10.9 Å². The second kappa shape index (κ2) is 6.93. The van der Waals surface area contributed by atoms with E-state index in [4.69, 9.17) is 4.74 Å². The Morgan fingerprint density at radius 1 is 1.12 bits per heavy atom. The first-order valence-electron chi connectivity index (χ1n) is 8.13. The molecule has 6 nitrogen and oxygen atoms in total. The molecule has 1 atom stereocenters. The van der Waals surface area contributed by atoms with Crippen molar-refractivity contribution in [1.29, 1.82) is 0 Å². The fraction of sp³-hybridized carbons (Fsp3) is 0.211. The number of H-pyrrole nitrogens is 1. The Morgan fingerprint density at radius 2 is 1.77 bits per heavy atom. The third kappa shape index (κ3) is 3.36. The van der Waals surface area contributed by atoms with Crippen LogP contribution in [0.4, 0.5) is 0 Å². The molecular weight excluding hydrogens is 354 g/mol. The number of carbonyl (C=O) groups excluding carboxylic acids is 1. The number of fused-ring (bicyclic) bond motifs is 1. The third-order valence-corrected chi connectivity index (χ3v) is 5.08. The van der Waals surface area contributed by atoms with E-state index in [0.29, 0.717) is 11.3 Å². The zero-order chi connectivity index (χ0) is 18.8. The van der Waals surface area contributed by atoms with Crippen molar-refractivity contribution in [3.8, 4) is 0 Å². The Hall–Kier alpha value is -2.64. The summed E-state index contributed by atoms with van der Waals surface area (Å²) in [6.07, 6.45) is 0. The van der Waals surface area contributed by atoms with Crippen LogP contribution in [0, 0.1) is 0 Å². The van der Waals surface area contributed by atoms with Crippen molar-refractivity contribution in [2.24, 2.45) is 0 Å². The average molecular weight is 373 g/mol. The molecule has 26 heavy (non-hydrogen) atoms. The van der Waals surface area contributed by atoms with Gasteiger partial charge in [-0.25, -0.2) is 0 Å². The van der Waals surface area contributed by atoms with Gasteiger partial charge in [-0.15, -0.1) is 0 Å². The van der Waals surface area contributed by atoms with E-state index in [1.807, 2.05) is 24.3 Å². The molecule has 0 fully saturated rings. The van der Waals surface area contributed by atoms with E-state index >= 15 is 0 Å². The topological polar surface area (TPSA) is 96.5 Å². The molecule has 3 rings (SSSR count). The molecule has 0 aliphatic heterocycles. The molecule has 3 aromatic rings. The van der Waals surface area contributed by atoms with E-state index in [1.54, 1.807) is 43.3 Å². The molecule has 0 aliphatic carbocycles. The second-order valence-electron chi connectivity index (χ2n) is 5.99. The van der Waals surface area contributed by atoms with Crippen molar-refractivity contribution in [2.45, 2.75) is 12.3 Å². The zero-order valence-electron chi connectivity index (χ0n) is 14.2. The maximum atomic E-state index is 13.0. The first-order chi connectivity index (χ1) is 12.4. The number of esters is 1. The number of benzene rings is 2. The van der Waals surface area contributed by atoms with Gasteiger partial charge in [-0.2, -0.15) is 8.42 Å². The van der Waals surface area contributed by atoms with Gasteiger partial charge in [0.25, 0.3) is 10.1 Å². The van der Waals surface area contributed by atoms with Gasteiger partial charge in [-0.1, -0.05) is 48.5 Å². The predicted octanol–water partition coefficient (Wildman–Crippen LogP) is 2.90. The molecule has 0 bridgehead atoms. The Morgan fingerprint density at radius 3 is 2.38 bits per heavy atom. The van der Waals surface area contributed by atoms with E-state index < -0.39 is 27.3 Å². The summed E-state index contributed by atoms with van der Waals surface area (Å²) in [5, 5.41) is 0.822. The number of hydrogen-bond acceptors (Lipinski definition) is 4. The van der Waals surface area contributed by atoms with Gasteiger partial charge >= 0.3 is 5.97 Å². The maximum Gasteiger partial charge on any atom is 0.323 e. The van der Waals surface area contributed by atoms with Gasteiger partial charge in [-0.3, -0.25) is 9.35 Å². The van der Waals surface area contributed by atoms with Crippen molar-refractivity contribution in [2.75, 3.05) is 12.4 Å². The van der Waals surface area contributed by atoms with Crippen molar-refractivity contribution in [3.05, 3.63) is 71.9 Å². The van der Waals surface area contributed by atoms with Gasteiger partial charge in [0.1, 0.15) is 11.2 Å². The Labute approximate surface area is 151 Å². The number of carbonyl (C=O) groups is 1. The van der Waals surface area contributed by atoms with Crippen LogP contribution in [0.3, 0.4) is 0 Å². The Balaban J connectivity index is 2.33. The molecule has 1 heterocycles. The number of hydrogen-bond donors (Lipinski definition) is 2. The SMILES string of the molecule is CCOC(=O)C(CS(=O)(=O)O)(c1ccccc1)c1cc2ccccc2[nH]1. The number of para-hydroxylation sites is 1. The molecule has 2 aromatic carbocycles. The molecule has 2 N–H and O–H groups in total. The van der Waals surface area contributed by atoms with Crippen LogP contribution in [-0.4, -0.2) is 36.3 Å². The summed E-state index contributed by atoms with van der Waals surface area (Å²) < 4.78 is 38.5. The third-order valence-electron chi connectivity index (χ3n) is 4.28. The van der Waals surface area contributed by atoms with Gasteiger partial charge in [-0.05, 0) is 30.0 Å². The number of aromatic nitrogens is 1. The lowest BCUT2D eigenvalue weighted by atomic mass is 9.79. The zero-order valence-corrected chi connectivity index (χ0v) is 15.0. The number of ether oxygens (including phenoxy) is 1. The molecular formula is C19H19NO5S. The number of rotatable bonds is 6. The van der Waals surface area contributed by atoms with E-state index in [-0.39, 0.29) is 6.61 Å². The molecule has 0 spiro atoms. The Bertz CT molecular complexity index is 993. The van der Waals surface area contributed by atoms with Crippen molar-refractivity contribution in [3.63, 3.8) is 0 Å². The highest BCUT2D eigenvalue weighted by Crippen LogP contribution is 2.36. The summed E-state index contributed by atoms with van der Waals surface area (Å²) in [6, 6.07) is 17.5. The number of aromatic amines is 1. The first kappa shape index (κ1) is 18.2. The second-order valence-corrected chi connectivity index (χ2v) is 7.44.